The van der Waals surface area contributed by atoms with Gasteiger partial charge in [0.05, 0.1) is 6.33 Å². The number of aromatic amines is 1. The lowest BCUT2D eigenvalue weighted by molar-refractivity contribution is 0.0977. The van der Waals surface area contributed by atoms with Gasteiger partial charge in [0.25, 0.3) is 5.91 Å². The van der Waals surface area contributed by atoms with Gasteiger partial charge in [-0.25, -0.2) is 4.98 Å². The lowest BCUT2D eigenvalue weighted by Gasteiger charge is -2.12. The number of guanidine groups is 1. The minimum atomic E-state index is -0.280. The first-order valence-corrected chi connectivity index (χ1v) is 8.90. The lowest BCUT2D eigenvalue weighted by Crippen LogP contribution is -2.36. The Morgan fingerprint density at radius 2 is 2.04 bits per heavy atom. The van der Waals surface area contributed by atoms with Gasteiger partial charge < -0.3 is 10.3 Å². The van der Waals surface area contributed by atoms with E-state index in [4.69, 9.17) is 11.6 Å². The molecule has 1 aromatic heterocycles. The summed E-state index contributed by atoms with van der Waals surface area (Å²) in [6, 6.07) is 14.6. The molecule has 1 heterocycles. The molecule has 138 valence electrons. The molecule has 0 fully saturated rings. The number of rotatable bonds is 5. The number of hydrogen-bond donors (Lipinski definition) is 3. The standard InChI is InChI=1S/C20H20ClN5O/c1-14-5-7-17(8-6-14)25-20(23-10-9-18-12-22-13-24-18)26-19(27)15-3-2-4-16(21)11-15/h2-8,11-13H,9-10H2,1H3,(H,22,24)(H2,23,25,26,27). The van der Waals surface area contributed by atoms with Crippen LogP contribution in [0.2, 0.25) is 5.02 Å². The van der Waals surface area contributed by atoms with E-state index >= 15 is 0 Å². The smallest absolute Gasteiger partial charge is 0.258 e. The summed E-state index contributed by atoms with van der Waals surface area (Å²) in [7, 11) is 0. The van der Waals surface area contributed by atoms with Crippen LogP contribution in [-0.4, -0.2) is 28.4 Å². The van der Waals surface area contributed by atoms with Crippen molar-refractivity contribution in [2.45, 2.75) is 13.3 Å². The summed E-state index contributed by atoms with van der Waals surface area (Å²) in [5, 5.41) is 6.49. The second kappa shape index (κ2) is 9.00. The molecule has 2 aromatic carbocycles. The van der Waals surface area contributed by atoms with Crippen LogP contribution in [-0.2, 0) is 6.42 Å². The van der Waals surface area contributed by atoms with Gasteiger partial charge in [-0.3, -0.25) is 15.1 Å². The number of hydrogen-bond acceptors (Lipinski definition) is 3. The van der Waals surface area contributed by atoms with E-state index in [0.717, 1.165) is 16.9 Å². The molecule has 0 bridgehead atoms. The molecule has 0 aliphatic rings. The van der Waals surface area contributed by atoms with Gasteiger partial charge in [-0.1, -0.05) is 35.4 Å². The zero-order chi connectivity index (χ0) is 19.1. The minimum absolute atomic E-state index is 0.280. The fourth-order valence-electron chi connectivity index (χ4n) is 2.40. The minimum Gasteiger partial charge on any atom is -0.348 e. The van der Waals surface area contributed by atoms with Crippen molar-refractivity contribution in [1.29, 1.82) is 0 Å². The number of anilines is 1. The molecule has 7 heteroatoms. The summed E-state index contributed by atoms with van der Waals surface area (Å²) in [5.41, 5.74) is 3.44. The maximum Gasteiger partial charge on any atom is 0.258 e. The molecule has 3 N–H and O–H groups in total. The van der Waals surface area contributed by atoms with Crippen LogP contribution < -0.4 is 10.6 Å². The highest BCUT2D eigenvalue weighted by molar-refractivity contribution is 6.31. The number of amides is 1. The molecule has 0 unspecified atom stereocenters. The van der Waals surface area contributed by atoms with Crippen LogP contribution in [0.15, 0.2) is 66.0 Å². The molecule has 6 nitrogen and oxygen atoms in total. The summed E-state index contributed by atoms with van der Waals surface area (Å²) in [6.07, 6.45) is 4.07. The fourth-order valence-corrected chi connectivity index (χ4v) is 2.59. The van der Waals surface area contributed by atoms with Crippen LogP contribution in [0.25, 0.3) is 0 Å². The Balaban J connectivity index is 1.73. The van der Waals surface area contributed by atoms with Crippen LogP contribution in [0.3, 0.4) is 0 Å². The van der Waals surface area contributed by atoms with Gasteiger partial charge in [-0.05, 0) is 37.3 Å². The van der Waals surface area contributed by atoms with Crippen LogP contribution in [0.1, 0.15) is 21.6 Å². The van der Waals surface area contributed by atoms with Gasteiger partial charge in [0.1, 0.15) is 0 Å². The highest BCUT2D eigenvalue weighted by Crippen LogP contribution is 2.11. The molecular weight excluding hydrogens is 362 g/mol. The molecule has 1 amide bonds. The first kappa shape index (κ1) is 18.7. The van der Waals surface area contributed by atoms with Crippen LogP contribution >= 0.6 is 11.6 Å². The Morgan fingerprint density at radius 1 is 1.22 bits per heavy atom. The Labute approximate surface area is 162 Å². The molecule has 27 heavy (non-hydrogen) atoms. The quantitative estimate of drug-likeness (QED) is 0.464. The van der Waals surface area contributed by atoms with Crippen LogP contribution in [0.4, 0.5) is 5.69 Å². The van der Waals surface area contributed by atoms with Gasteiger partial charge >= 0.3 is 0 Å². The zero-order valence-corrected chi connectivity index (χ0v) is 15.6. The lowest BCUT2D eigenvalue weighted by atomic mass is 10.2. The Bertz CT molecular complexity index is 920. The number of carbonyl (C=O) groups is 1. The normalized spacial score (nSPS) is 11.3. The highest BCUT2D eigenvalue weighted by atomic mass is 35.5. The van der Waals surface area contributed by atoms with E-state index in [1.165, 1.54) is 0 Å². The first-order chi connectivity index (χ1) is 13.1. The van der Waals surface area contributed by atoms with Crippen LogP contribution in [0, 0.1) is 6.92 Å². The third kappa shape index (κ3) is 5.69. The maximum atomic E-state index is 12.5. The number of aryl methyl sites for hydroxylation is 1. The highest BCUT2D eigenvalue weighted by Gasteiger charge is 2.10. The monoisotopic (exact) mass is 381 g/mol. The Morgan fingerprint density at radius 3 is 2.74 bits per heavy atom. The number of imidazole rings is 1. The second-order valence-corrected chi connectivity index (χ2v) is 6.45. The molecule has 0 spiro atoms. The van der Waals surface area contributed by atoms with Crippen molar-refractivity contribution in [2.75, 3.05) is 11.9 Å². The van der Waals surface area contributed by atoms with Crippen molar-refractivity contribution < 1.29 is 4.79 Å². The molecule has 0 atom stereocenters. The molecule has 3 aromatic rings. The molecule has 0 radical (unpaired) electrons. The molecule has 3 rings (SSSR count). The number of nitrogens with one attached hydrogen (secondary N) is 3. The van der Waals surface area contributed by atoms with Crippen molar-refractivity contribution in [3.05, 3.63) is 82.9 Å². The number of H-pyrrole nitrogens is 1. The van der Waals surface area contributed by atoms with E-state index in [9.17, 15) is 4.79 Å². The number of benzene rings is 2. The second-order valence-electron chi connectivity index (χ2n) is 6.01. The largest absolute Gasteiger partial charge is 0.348 e. The molecule has 0 saturated carbocycles. The number of halogens is 1. The predicted molar refractivity (Wildman–Crippen MR) is 108 cm³/mol. The van der Waals surface area contributed by atoms with Gasteiger partial charge in [0.2, 0.25) is 5.96 Å². The fraction of sp³-hybridized carbons (Fsp3) is 0.150. The summed E-state index contributed by atoms with van der Waals surface area (Å²) in [5.74, 6) is 0.0979. The topological polar surface area (TPSA) is 82.2 Å². The van der Waals surface area contributed by atoms with Crippen molar-refractivity contribution >= 4 is 29.2 Å². The van der Waals surface area contributed by atoms with E-state index in [1.807, 2.05) is 31.2 Å². The van der Waals surface area contributed by atoms with Gasteiger partial charge in [0.15, 0.2) is 0 Å². The molecule has 0 aliphatic carbocycles. The van der Waals surface area contributed by atoms with E-state index in [2.05, 4.69) is 25.6 Å². The first-order valence-electron chi connectivity index (χ1n) is 8.52. The number of aromatic nitrogens is 2. The average molecular weight is 382 g/mol. The SMILES string of the molecule is Cc1ccc(NC(=NCCc2cnc[nH]2)NC(=O)c2cccc(Cl)c2)cc1. The predicted octanol–water partition coefficient (Wildman–Crippen LogP) is 3.81. The van der Waals surface area contributed by atoms with Crippen molar-refractivity contribution in [3.8, 4) is 0 Å². The Kier molecular flexibility index (Phi) is 6.22. The zero-order valence-electron chi connectivity index (χ0n) is 14.9. The third-order valence-corrected chi connectivity index (χ3v) is 4.07. The summed E-state index contributed by atoms with van der Waals surface area (Å²) in [4.78, 5) is 24.1. The van der Waals surface area contributed by atoms with Gasteiger partial charge in [-0.15, -0.1) is 0 Å². The van der Waals surface area contributed by atoms with Crippen molar-refractivity contribution in [2.24, 2.45) is 4.99 Å². The summed E-state index contributed by atoms with van der Waals surface area (Å²) in [6.45, 7) is 2.51. The van der Waals surface area contributed by atoms with E-state index in [-0.39, 0.29) is 5.91 Å². The third-order valence-electron chi connectivity index (χ3n) is 3.84. The molecule has 0 saturated heterocycles. The maximum absolute atomic E-state index is 12.5. The van der Waals surface area contributed by atoms with Crippen LogP contribution in [0.5, 0.6) is 0 Å². The van der Waals surface area contributed by atoms with E-state index in [1.54, 1.807) is 36.8 Å². The van der Waals surface area contributed by atoms with Crippen molar-refractivity contribution in [3.63, 3.8) is 0 Å². The number of nitrogens with zero attached hydrogens (tertiary/aromatic N) is 2. The summed E-state index contributed by atoms with van der Waals surface area (Å²) < 4.78 is 0. The average Bonchev–Trinajstić information content (AvgIpc) is 3.17. The van der Waals surface area contributed by atoms with Gasteiger partial charge in [-0.2, -0.15) is 0 Å². The number of aliphatic imine (C=N–C) groups is 1. The number of carbonyl (C=O) groups excluding carboxylic acids is 1. The van der Waals surface area contributed by atoms with Gasteiger partial charge in [0, 0.05) is 41.1 Å². The van der Waals surface area contributed by atoms with E-state index in [0.29, 0.717) is 29.5 Å². The Hall–Kier alpha value is -3.12. The van der Waals surface area contributed by atoms with Crippen molar-refractivity contribution in [1.82, 2.24) is 15.3 Å². The molecule has 0 aliphatic heterocycles. The van der Waals surface area contributed by atoms with E-state index < -0.39 is 0 Å². The summed E-state index contributed by atoms with van der Waals surface area (Å²) >= 11 is 5.98. The molecular formula is C20H20ClN5O.